The van der Waals surface area contributed by atoms with Gasteiger partial charge in [0.25, 0.3) is 0 Å². The molecule has 3 aromatic rings. The van der Waals surface area contributed by atoms with E-state index in [2.05, 4.69) is 205 Å². The normalized spacial score (nSPS) is 15.6. The summed E-state index contributed by atoms with van der Waals surface area (Å²) < 4.78 is 0. The van der Waals surface area contributed by atoms with Gasteiger partial charge in [0, 0.05) is 0 Å². The van der Waals surface area contributed by atoms with Gasteiger partial charge in [0.2, 0.25) is 0 Å². The molecule has 0 aromatic heterocycles. The van der Waals surface area contributed by atoms with Gasteiger partial charge in [-0.15, -0.1) is 0 Å². The van der Waals surface area contributed by atoms with E-state index in [-0.39, 0.29) is 97.3 Å². The molecule has 0 aliphatic heterocycles. The average Bonchev–Trinajstić information content (AvgIpc) is 3.28. The van der Waals surface area contributed by atoms with E-state index in [1.54, 1.807) is 5.20 Å². The van der Waals surface area contributed by atoms with Gasteiger partial charge in [-0.2, -0.15) is 11.3 Å². The van der Waals surface area contributed by atoms with Crippen molar-refractivity contribution in [2.75, 3.05) is 0 Å². The van der Waals surface area contributed by atoms with Crippen molar-refractivity contribution in [2.45, 2.75) is 171 Å². The molecule has 1 unspecified atom stereocenters. The van der Waals surface area contributed by atoms with Crippen LogP contribution in [0.4, 0.5) is 0 Å². The SMILES string of the molecule is CC1=C([Si](c2cc(C(C)(C)C)cc(C(C)(C)C)c2)(c2cc(C(C)(C)C)cc(C(C)(C)C)c2)c2cc(C(C)(C)C)cc(C(C)(C)C)c2)C(C)C=[C-]1.[Cl-].[Cl-].[Cl-].[Ti+4]. The number of rotatable bonds is 4. The van der Waals surface area contributed by atoms with Crippen molar-refractivity contribution in [3.63, 3.8) is 0 Å². The molecule has 0 heterocycles. The summed E-state index contributed by atoms with van der Waals surface area (Å²) in [4.78, 5) is 0. The molecular formula is C49H71Cl3SiTi. The smallest absolute Gasteiger partial charge is 1.00 e. The van der Waals surface area contributed by atoms with E-state index in [4.69, 9.17) is 0 Å². The molecule has 0 saturated heterocycles. The minimum atomic E-state index is -2.99. The summed E-state index contributed by atoms with van der Waals surface area (Å²) in [5.41, 5.74) is 9.83. The molecule has 0 nitrogen and oxygen atoms in total. The van der Waals surface area contributed by atoms with Gasteiger partial charge in [-0.3, -0.25) is 6.08 Å². The second kappa shape index (κ2) is 17.4. The van der Waals surface area contributed by atoms with E-state index >= 15 is 0 Å². The second-order valence-corrected chi connectivity index (χ2v) is 25.6. The molecule has 0 spiro atoms. The molecule has 0 fully saturated rings. The van der Waals surface area contributed by atoms with E-state index < -0.39 is 8.07 Å². The summed E-state index contributed by atoms with van der Waals surface area (Å²) in [6, 6.07) is 23.3. The van der Waals surface area contributed by atoms with Crippen LogP contribution in [-0.4, -0.2) is 8.07 Å². The van der Waals surface area contributed by atoms with Crippen molar-refractivity contribution in [2.24, 2.45) is 5.92 Å². The summed E-state index contributed by atoms with van der Waals surface area (Å²) in [7, 11) is -2.99. The van der Waals surface area contributed by atoms with Crippen molar-refractivity contribution in [3.05, 3.63) is 111 Å². The van der Waals surface area contributed by atoms with Crippen LogP contribution in [0.5, 0.6) is 0 Å². The van der Waals surface area contributed by atoms with Gasteiger partial charge in [-0.05, 0) is 65.9 Å². The van der Waals surface area contributed by atoms with Crippen LogP contribution in [0.15, 0.2) is 71.4 Å². The first-order valence-electron chi connectivity index (χ1n) is 19.2. The van der Waals surface area contributed by atoms with E-state index in [0.717, 1.165) is 0 Å². The molecule has 3 aromatic carbocycles. The number of halogens is 3. The van der Waals surface area contributed by atoms with Crippen molar-refractivity contribution in [1.82, 2.24) is 0 Å². The molecule has 296 valence electrons. The van der Waals surface area contributed by atoms with E-state index in [1.165, 1.54) is 54.5 Å². The number of hydrogen-bond acceptors (Lipinski definition) is 0. The third kappa shape index (κ3) is 10.9. The summed E-state index contributed by atoms with van der Waals surface area (Å²) in [5.74, 6) is 0.283. The van der Waals surface area contributed by atoms with Gasteiger partial charge >= 0.3 is 21.7 Å². The average molecular weight is 842 g/mol. The first-order chi connectivity index (χ1) is 22.4. The molecule has 54 heavy (non-hydrogen) atoms. The third-order valence-electron chi connectivity index (χ3n) is 11.1. The van der Waals surface area contributed by atoms with Crippen molar-refractivity contribution in [3.8, 4) is 0 Å². The molecule has 0 radical (unpaired) electrons. The Bertz CT molecular complexity index is 1540. The molecule has 1 atom stereocenters. The van der Waals surface area contributed by atoms with Crippen molar-refractivity contribution in [1.29, 1.82) is 0 Å². The van der Waals surface area contributed by atoms with Gasteiger partial charge in [0.15, 0.2) is 0 Å². The second-order valence-electron chi connectivity index (χ2n) is 21.8. The summed E-state index contributed by atoms with van der Waals surface area (Å²) in [5, 5.41) is 6.10. The predicted molar refractivity (Wildman–Crippen MR) is 226 cm³/mol. The van der Waals surface area contributed by atoms with Gasteiger partial charge < -0.3 is 37.2 Å². The number of hydrogen-bond donors (Lipinski definition) is 0. The molecule has 0 amide bonds. The van der Waals surface area contributed by atoms with Crippen LogP contribution >= 0.6 is 0 Å². The minimum Gasteiger partial charge on any atom is -1.00 e. The third-order valence-corrected chi connectivity index (χ3v) is 16.2. The fraction of sp³-hybridized carbons (Fsp3) is 0.551. The van der Waals surface area contributed by atoms with Crippen LogP contribution < -0.4 is 52.8 Å². The van der Waals surface area contributed by atoms with Gasteiger partial charge in [0.1, 0.15) is 0 Å². The molecule has 5 heteroatoms. The number of allylic oxidation sites excluding steroid dienone is 4. The first-order valence-corrected chi connectivity index (χ1v) is 21.2. The monoisotopic (exact) mass is 840 g/mol. The Balaban J connectivity index is 0.00000702. The quantitative estimate of drug-likeness (QED) is 0.216. The van der Waals surface area contributed by atoms with Crippen LogP contribution in [0.25, 0.3) is 0 Å². The zero-order valence-corrected chi connectivity index (χ0v) is 42.3. The topological polar surface area (TPSA) is 0 Å². The maximum atomic E-state index is 3.79. The van der Waals surface area contributed by atoms with Crippen LogP contribution in [0.1, 0.15) is 172 Å². The molecule has 1 aliphatic carbocycles. The van der Waals surface area contributed by atoms with Gasteiger partial charge in [-0.1, -0.05) is 215 Å². The Morgan fingerprint density at radius 3 is 0.759 bits per heavy atom. The van der Waals surface area contributed by atoms with E-state index in [1.807, 2.05) is 0 Å². The summed E-state index contributed by atoms with van der Waals surface area (Å²) in [6.07, 6.45) is 6.14. The molecule has 4 rings (SSSR count). The Hall–Kier alpha value is -1.06. The van der Waals surface area contributed by atoms with E-state index in [9.17, 15) is 0 Å². The fourth-order valence-corrected chi connectivity index (χ4v) is 13.0. The van der Waals surface area contributed by atoms with Crippen LogP contribution in [0.2, 0.25) is 0 Å². The zero-order valence-electron chi connectivity index (χ0n) is 37.5. The van der Waals surface area contributed by atoms with Gasteiger partial charge in [0.05, 0.1) is 8.07 Å². The number of benzene rings is 3. The maximum Gasteiger partial charge on any atom is 4.00 e. The molecule has 0 N–H and O–H groups in total. The van der Waals surface area contributed by atoms with Crippen LogP contribution in [0.3, 0.4) is 0 Å². The Labute approximate surface area is 367 Å². The van der Waals surface area contributed by atoms with Crippen molar-refractivity contribution >= 4 is 23.6 Å². The Morgan fingerprint density at radius 1 is 0.407 bits per heavy atom. The van der Waals surface area contributed by atoms with Crippen LogP contribution in [-0.2, 0) is 54.2 Å². The van der Waals surface area contributed by atoms with Crippen LogP contribution in [0, 0.1) is 12.0 Å². The van der Waals surface area contributed by atoms with Gasteiger partial charge in [-0.25, -0.2) is 5.57 Å². The Kier molecular flexibility index (Phi) is 17.1. The molecular weight excluding hydrogens is 771 g/mol. The Morgan fingerprint density at radius 2 is 0.611 bits per heavy atom. The first kappa shape index (κ1) is 52.9. The summed E-state index contributed by atoms with van der Waals surface area (Å²) >= 11 is 0. The molecule has 0 bridgehead atoms. The van der Waals surface area contributed by atoms with E-state index in [0.29, 0.717) is 0 Å². The zero-order chi connectivity index (χ0) is 38.2. The minimum absolute atomic E-state index is 0. The summed E-state index contributed by atoms with van der Waals surface area (Å²) in [6.45, 7) is 47.7. The standard InChI is InChI=1S/C49H71Si.3ClH.Ti/c1-32-21-22-33(2)43(32)50(40-26-34(44(3,4)5)23-35(27-40)45(6,7)8,41-28-36(46(9,10)11)24-37(29-41)47(12,13)14)42-30-38(48(15,16)17)25-39(31-42)49(18,19)20;;;;/h21,23-32H,1-20H3;3*1H;/q-1;;;;+4/p-3. The largest absolute Gasteiger partial charge is 4.00 e. The van der Waals surface area contributed by atoms with Crippen molar-refractivity contribution < 1.29 is 58.9 Å². The molecule has 0 saturated carbocycles. The maximum absolute atomic E-state index is 3.79. The fourth-order valence-electron chi connectivity index (χ4n) is 7.47. The molecule has 1 aliphatic rings. The predicted octanol–water partition coefficient (Wildman–Crippen LogP) is 2.82.